The highest BCUT2D eigenvalue weighted by atomic mass is 35.5. The highest BCUT2D eigenvalue weighted by molar-refractivity contribution is 5.91. The first kappa shape index (κ1) is 21.0. The molecule has 0 aliphatic carbocycles. The number of aromatic nitrogens is 1. The molecule has 4 rings (SSSR count). The number of methoxy groups -OCH3 is 3. The number of halogens is 1. The molecule has 1 aliphatic heterocycles. The van der Waals surface area contributed by atoms with Gasteiger partial charge in [-0.2, -0.15) is 4.57 Å². The molecule has 3 aromatic rings. The minimum atomic E-state index is 0. The zero-order valence-corrected chi connectivity index (χ0v) is 17.6. The van der Waals surface area contributed by atoms with E-state index in [0.29, 0.717) is 18.9 Å². The number of aryl methyl sites for hydroxylation is 2. The van der Waals surface area contributed by atoms with E-state index in [-0.39, 0.29) is 12.4 Å². The molecule has 2 heterocycles. The van der Waals surface area contributed by atoms with E-state index in [0.717, 1.165) is 52.2 Å². The summed E-state index contributed by atoms with van der Waals surface area (Å²) in [5.74, 6) is 2.94. The molecule has 1 aliphatic rings. The molecule has 1 aromatic heterocycles. The smallest absolute Gasteiger partial charge is 0.213 e. The van der Waals surface area contributed by atoms with Gasteiger partial charge in [0.05, 0.1) is 32.3 Å². The summed E-state index contributed by atoms with van der Waals surface area (Å²) in [6, 6.07) is 10.3. The van der Waals surface area contributed by atoms with E-state index >= 15 is 0 Å². The number of hydrogen-bond acceptors (Lipinski definition) is 5. The van der Waals surface area contributed by atoms with Crippen LogP contribution in [0, 0.1) is 0 Å². The Labute approximate surface area is 176 Å². The van der Waals surface area contributed by atoms with Gasteiger partial charge in [0.2, 0.25) is 5.69 Å². The fourth-order valence-corrected chi connectivity index (χ4v) is 3.80. The predicted octanol–water partition coefficient (Wildman–Crippen LogP) is -0.282. The fraction of sp³-hybridized carbons (Fsp3) is 0.318. The number of ether oxygens (including phenoxy) is 4. The van der Waals surface area contributed by atoms with Gasteiger partial charge in [-0.25, -0.2) is 0 Å². The fourth-order valence-electron chi connectivity index (χ4n) is 3.80. The molecule has 7 heteroatoms. The molecule has 0 radical (unpaired) electrons. The van der Waals surface area contributed by atoms with E-state index in [1.165, 1.54) is 5.56 Å². The van der Waals surface area contributed by atoms with Crippen LogP contribution < -0.4 is 41.7 Å². The third-order valence-electron chi connectivity index (χ3n) is 5.17. The van der Waals surface area contributed by atoms with Gasteiger partial charge in [0.1, 0.15) is 6.61 Å². The highest BCUT2D eigenvalue weighted by Crippen LogP contribution is 2.40. The Balaban J connectivity index is 0.00000240. The van der Waals surface area contributed by atoms with Crippen LogP contribution in [0.25, 0.3) is 22.0 Å². The summed E-state index contributed by atoms with van der Waals surface area (Å²) in [7, 11) is 4.98. The lowest BCUT2D eigenvalue weighted by Crippen LogP contribution is -3.00. The Morgan fingerprint density at radius 2 is 1.69 bits per heavy atom. The quantitative estimate of drug-likeness (QED) is 0.560. The third-order valence-corrected chi connectivity index (χ3v) is 5.17. The summed E-state index contributed by atoms with van der Waals surface area (Å²) >= 11 is 0. The number of benzene rings is 2. The summed E-state index contributed by atoms with van der Waals surface area (Å²) in [5.41, 5.74) is 9.19. The van der Waals surface area contributed by atoms with Crippen molar-refractivity contribution in [2.75, 3.05) is 34.5 Å². The highest BCUT2D eigenvalue weighted by Gasteiger charge is 2.27. The molecule has 0 fully saturated rings. The Morgan fingerprint density at radius 3 is 2.38 bits per heavy atom. The van der Waals surface area contributed by atoms with Crippen molar-refractivity contribution in [2.45, 2.75) is 13.0 Å². The molecule has 0 atom stereocenters. The molecule has 6 nitrogen and oxygen atoms in total. The minimum Gasteiger partial charge on any atom is -1.00 e. The number of nitrogens with zero attached hydrogens (tertiary/aromatic N) is 1. The molecular weight excluding hydrogens is 392 g/mol. The second-order valence-corrected chi connectivity index (χ2v) is 6.70. The molecule has 2 N–H and O–H groups in total. The van der Waals surface area contributed by atoms with E-state index in [9.17, 15) is 0 Å². The third kappa shape index (κ3) is 3.66. The maximum absolute atomic E-state index is 5.92. The SMILES string of the molecule is COc1cc2c(cc1OC)-c1cc3ccc(OC)c(OCCN)c3c[n+]1CC2.[Cl-]. The van der Waals surface area contributed by atoms with Crippen molar-refractivity contribution in [3.05, 3.63) is 42.1 Å². The van der Waals surface area contributed by atoms with Gasteiger partial charge in [0.25, 0.3) is 0 Å². The van der Waals surface area contributed by atoms with Gasteiger partial charge >= 0.3 is 0 Å². The van der Waals surface area contributed by atoms with Gasteiger partial charge in [-0.15, -0.1) is 0 Å². The summed E-state index contributed by atoms with van der Waals surface area (Å²) in [6.07, 6.45) is 3.06. The van der Waals surface area contributed by atoms with Crippen molar-refractivity contribution < 1.29 is 35.9 Å². The lowest BCUT2D eigenvalue weighted by molar-refractivity contribution is -0.686. The summed E-state index contributed by atoms with van der Waals surface area (Å²) in [6.45, 7) is 1.77. The van der Waals surface area contributed by atoms with Gasteiger partial charge in [-0.1, -0.05) is 0 Å². The Morgan fingerprint density at radius 1 is 0.966 bits per heavy atom. The number of hydrogen-bond donors (Lipinski definition) is 1. The molecule has 0 saturated heterocycles. The number of rotatable bonds is 6. The molecule has 0 saturated carbocycles. The van der Waals surface area contributed by atoms with E-state index in [4.69, 9.17) is 24.7 Å². The first-order chi connectivity index (χ1) is 13.7. The lowest BCUT2D eigenvalue weighted by Gasteiger charge is -2.19. The van der Waals surface area contributed by atoms with Gasteiger partial charge in [-0.05, 0) is 35.2 Å². The Bertz CT molecular complexity index is 1040. The van der Waals surface area contributed by atoms with Crippen LogP contribution in [0.1, 0.15) is 5.56 Å². The summed E-state index contributed by atoms with van der Waals surface area (Å²) in [5, 5.41) is 2.10. The first-order valence-electron chi connectivity index (χ1n) is 9.32. The molecule has 0 bridgehead atoms. The second-order valence-electron chi connectivity index (χ2n) is 6.70. The average molecular weight is 417 g/mol. The van der Waals surface area contributed by atoms with Gasteiger partial charge < -0.3 is 37.1 Å². The molecular formula is C22H25ClN2O4. The average Bonchev–Trinajstić information content (AvgIpc) is 2.74. The Hall–Kier alpha value is -2.70. The molecule has 0 spiro atoms. The van der Waals surface area contributed by atoms with Crippen molar-refractivity contribution >= 4 is 10.8 Å². The van der Waals surface area contributed by atoms with Crippen molar-refractivity contribution in [3.8, 4) is 34.3 Å². The van der Waals surface area contributed by atoms with Crippen LogP contribution in [-0.4, -0.2) is 34.5 Å². The minimum absolute atomic E-state index is 0. The van der Waals surface area contributed by atoms with Gasteiger partial charge in [0.15, 0.2) is 35.7 Å². The number of nitrogens with two attached hydrogens (primary N) is 1. The van der Waals surface area contributed by atoms with Crippen molar-refractivity contribution in [2.24, 2.45) is 5.73 Å². The Kier molecular flexibility index (Phi) is 6.35. The van der Waals surface area contributed by atoms with Crippen LogP contribution in [-0.2, 0) is 13.0 Å². The maximum atomic E-state index is 5.92. The molecule has 154 valence electrons. The van der Waals surface area contributed by atoms with Crippen LogP contribution in [0.3, 0.4) is 0 Å². The van der Waals surface area contributed by atoms with Gasteiger partial charge in [0, 0.05) is 19.0 Å². The molecule has 0 amide bonds. The largest absolute Gasteiger partial charge is 1.00 e. The van der Waals surface area contributed by atoms with E-state index in [1.807, 2.05) is 6.07 Å². The first-order valence-corrected chi connectivity index (χ1v) is 9.32. The van der Waals surface area contributed by atoms with E-state index in [1.54, 1.807) is 21.3 Å². The summed E-state index contributed by atoms with van der Waals surface area (Å²) in [4.78, 5) is 0. The van der Waals surface area contributed by atoms with Crippen LogP contribution in [0.4, 0.5) is 0 Å². The van der Waals surface area contributed by atoms with Crippen molar-refractivity contribution in [1.82, 2.24) is 0 Å². The van der Waals surface area contributed by atoms with Crippen molar-refractivity contribution in [3.63, 3.8) is 0 Å². The monoisotopic (exact) mass is 416 g/mol. The number of fused-ring (bicyclic) bond motifs is 4. The van der Waals surface area contributed by atoms with E-state index in [2.05, 4.69) is 35.0 Å². The predicted molar refractivity (Wildman–Crippen MR) is 107 cm³/mol. The maximum Gasteiger partial charge on any atom is 0.213 e. The van der Waals surface area contributed by atoms with E-state index < -0.39 is 0 Å². The topological polar surface area (TPSA) is 66.8 Å². The normalized spacial score (nSPS) is 11.9. The zero-order valence-electron chi connectivity index (χ0n) is 16.8. The van der Waals surface area contributed by atoms with Gasteiger partial charge in [-0.3, -0.25) is 0 Å². The second kappa shape index (κ2) is 8.76. The van der Waals surface area contributed by atoms with Crippen molar-refractivity contribution in [1.29, 1.82) is 0 Å². The lowest BCUT2D eigenvalue weighted by atomic mass is 9.95. The van der Waals surface area contributed by atoms with Crippen LogP contribution in [0.15, 0.2) is 36.5 Å². The van der Waals surface area contributed by atoms with Crippen LogP contribution in [0.5, 0.6) is 23.0 Å². The molecule has 0 unspecified atom stereocenters. The van der Waals surface area contributed by atoms with Crippen LogP contribution in [0.2, 0.25) is 0 Å². The molecule has 29 heavy (non-hydrogen) atoms. The summed E-state index contributed by atoms with van der Waals surface area (Å²) < 4.78 is 24.7. The standard InChI is InChI=1S/C22H25N2O4.ClH/c1-25-19-5-4-14-10-18-16-12-21(27-3)20(26-2)11-15(16)6-8-24(18)13-17(14)22(19)28-9-7-23;/h4-5,10-13H,6-9,23H2,1-3H3;1H/q+1;/p-1. The molecule has 2 aromatic carbocycles. The van der Waals surface area contributed by atoms with Crippen LogP contribution >= 0.6 is 0 Å². The number of pyridine rings is 1. The zero-order chi connectivity index (χ0) is 19.7.